The third-order valence-electron chi connectivity index (χ3n) is 5.15. The summed E-state index contributed by atoms with van der Waals surface area (Å²) in [6.45, 7) is 3.42. The molecule has 27 heavy (non-hydrogen) atoms. The van der Waals surface area contributed by atoms with Crippen molar-refractivity contribution in [3.8, 4) is 0 Å². The molecular formula is C21H25N5O. The van der Waals surface area contributed by atoms with E-state index in [1.807, 2.05) is 48.4 Å². The minimum Gasteiger partial charge on any atom is -0.383 e. The first-order valence-corrected chi connectivity index (χ1v) is 9.55. The van der Waals surface area contributed by atoms with E-state index in [4.69, 9.17) is 0 Å². The van der Waals surface area contributed by atoms with E-state index in [-0.39, 0.29) is 11.9 Å². The van der Waals surface area contributed by atoms with Crippen LogP contribution in [-0.4, -0.2) is 38.3 Å². The van der Waals surface area contributed by atoms with Gasteiger partial charge in [0.2, 0.25) is 0 Å². The Morgan fingerprint density at radius 2 is 2.26 bits per heavy atom. The number of carbonyl (C=O) groups excluding carboxylic acids is 1. The molecule has 0 radical (unpaired) electrons. The van der Waals surface area contributed by atoms with E-state index in [2.05, 4.69) is 26.3 Å². The number of H-pyrrole nitrogens is 2. The van der Waals surface area contributed by atoms with Gasteiger partial charge in [0.1, 0.15) is 5.69 Å². The number of aromatic amines is 2. The van der Waals surface area contributed by atoms with Crippen LogP contribution in [0.5, 0.6) is 0 Å². The summed E-state index contributed by atoms with van der Waals surface area (Å²) in [6, 6.07) is 10.1. The van der Waals surface area contributed by atoms with Crippen molar-refractivity contribution >= 4 is 16.8 Å². The number of para-hydroxylation sites is 1. The van der Waals surface area contributed by atoms with Crippen LogP contribution in [0.4, 0.5) is 0 Å². The zero-order valence-electron chi connectivity index (χ0n) is 15.5. The first kappa shape index (κ1) is 17.4. The van der Waals surface area contributed by atoms with Gasteiger partial charge in [0, 0.05) is 29.3 Å². The maximum atomic E-state index is 13.1. The van der Waals surface area contributed by atoms with Crippen molar-refractivity contribution in [2.45, 2.75) is 38.8 Å². The summed E-state index contributed by atoms with van der Waals surface area (Å²) in [4.78, 5) is 25.6. The quantitative estimate of drug-likeness (QED) is 0.626. The Labute approximate surface area is 158 Å². The van der Waals surface area contributed by atoms with Crippen LogP contribution in [0.3, 0.4) is 0 Å². The summed E-state index contributed by atoms with van der Waals surface area (Å²) in [7, 11) is 0. The topological polar surface area (TPSA) is 76.8 Å². The number of nitrogens with one attached hydrogen (secondary N) is 3. The smallest absolute Gasteiger partial charge is 0.270 e. The molecule has 3 aromatic rings. The van der Waals surface area contributed by atoms with Gasteiger partial charge in [-0.3, -0.25) is 4.79 Å². The SMILES string of the molecule is CCN(C(=O)c1cc2ccccc2[nH]1)[C@@H]1C=C(NCc2c[nH]cn2)CCC1. The number of likely N-dealkylation sites (N-methyl/N-ethyl adjacent to an activating group) is 1. The number of fused-ring (bicyclic) bond motifs is 1. The molecule has 140 valence electrons. The molecule has 0 aliphatic heterocycles. The lowest BCUT2D eigenvalue weighted by molar-refractivity contribution is 0.0706. The fourth-order valence-electron chi connectivity index (χ4n) is 3.76. The normalized spacial score (nSPS) is 16.9. The first-order chi connectivity index (χ1) is 13.2. The summed E-state index contributed by atoms with van der Waals surface area (Å²) in [5.41, 5.74) is 3.83. The minimum atomic E-state index is 0.0588. The molecule has 6 nitrogen and oxygen atoms in total. The highest BCUT2D eigenvalue weighted by atomic mass is 16.2. The number of hydrogen-bond donors (Lipinski definition) is 3. The second kappa shape index (κ2) is 7.70. The van der Waals surface area contributed by atoms with Crippen molar-refractivity contribution in [2.75, 3.05) is 6.54 Å². The molecule has 2 heterocycles. The highest BCUT2D eigenvalue weighted by Crippen LogP contribution is 2.23. The van der Waals surface area contributed by atoms with E-state index in [1.165, 1.54) is 5.70 Å². The third kappa shape index (κ3) is 3.74. The van der Waals surface area contributed by atoms with Gasteiger partial charge in [0.05, 0.1) is 24.6 Å². The van der Waals surface area contributed by atoms with Crippen molar-refractivity contribution in [3.05, 3.63) is 66.0 Å². The first-order valence-electron chi connectivity index (χ1n) is 9.55. The number of carbonyl (C=O) groups is 1. The molecule has 1 aliphatic carbocycles. The third-order valence-corrected chi connectivity index (χ3v) is 5.15. The summed E-state index contributed by atoms with van der Waals surface area (Å²) in [5, 5.41) is 4.53. The van der Waals surface area contributed by atoms with Gasteiger partial charge >= 0.3 is 0 Å². The van der Waals surface area contributed by atoms with E-state index in [0.717, 1.165) is 35.9 Å². The van der Waals surface area contributed by atoms with Gasteiger partial charge in [0.25, 0.3) is 5.91 Å². The highest BCUT2D eigenvalue weighted by Gasteiger charge is 2.25. The largest absolute Gasteiger partial charge is 0.383 e. The van der Waals surface area contributed by atoms with Crippen LogP contribution in [-0.2, 0) is 6.54 Å². The van der Waals surface area contributed by atoms with E-state index in [9.17, 15) is 4.79 Å². The molecular weight excluding hydrogens is 338 g/mol. The van der Waals surface area contributed by atoms with Gasteiger partial charge in [-0.1, -0.05) is 18.2 Å². The summed E-state index contributed by atoms with van der Waals surface area (Å²) in [6.07, 6.45) is 8.87. The summed E-state index contributed by atoms with van der Waals surface area (Å²) < 4.78 is 0. The van der Waals surface area contributed by atoms with Gasteiger partial charge in [-0.15, -0.1) is 0 Å². The van der Waals surface area contributed by atoms with E-state index >= 15 is 0 Å². The number of allylic oxidation sites excluding steroid dienone is 1. The Kier molecular flexibility index (Phi) is 4.96. The molecule has 0 spiro atoms. The average Bonchev–Trinajstić information content (AvgIpc) is 3.37. The van der Waals surface area contributed by atoms with Crippen LogP contribution in [0.2, 0.25) is 0 Å². The maximum Gasteiger partial charge on any atom is 0.270 e. The number of rotatable bonds is 6. The van der Waals surface area contributed by atoms with Gasteiger partial charge in [-0.25, -0.2) is 4.98 Å². The van der Waals surface area contributed by atoms with E-state index in [0.29, 0.717) is 18.8 Å². The molecule has 1 aromatic carbocycles. The zero-order valence-corrected chi connectivity index (χ0v) is 15.5. The predicted molar refractivity (Wildman–Crippen MR) is 106 cm³/mol. The van der Waals surface area contributed by atoms with E-state index in [1.54, 1.807) is 6.33 Å². The molecule has 6 heteroatoms. The van der Waals surface area contributed by atoms with Crippen LogP contribution in [0.1, 0.15) is 42.4 Å². The van der Waals surface area contributed by atoms with Crippen LogP contribution in [0.25, 0.3) is 10.9 Å². The van der Waals surface area contributed by atoms with Crippen LogP contribution in [0.15, 0.2) is 54.6 Å². The fraction of sp³-hybridized carbons (Fsp3) is 0.333. The van der Waals surface area contributed by atoms with Crippen LogP contribution < -0.4 is 5.32 Å². The lowest BCUT2D eigenvalue weighted by Crippen LogP contribution is -2.41. The molecule has 0 fully saturated rings. The van der Waals surface area contributed by atoms with Crippen molar-refractivity contribution in [3.63, 3.8) is 0 Å². The lowest BCUT2D eigenvalue weighted by atomic mass is 9.98. The molecule has 1 atom stereocenters. The Morgan fingerprint density at radius 1 is 1.37 bits per heavy atom. The summed E-state index contributed by atoms with van der Waals surface area (Å²) >= 11 is 0. The van der Waals surface area contributed by atoms with Crippen molar-refractivity contribution in [2.24, 2.45) is 0 Å². The molecule has 0 bridgehead atoms. The number of benzene rings is 1. The number of hydrogen-bond acceptors (Lipinski definition) is 3. The molecule has 0 unspecified atom stereocenters. The standard InChI is InChI=1S/C21H25N5O/c1-2-26(21(27)20-10-15-6-3-4-9-19(15)25-20)18-8-5-7-16(11-18)23-13-17-12-22-14-24-17/h3-4,6,9-12,14,18,23,25H,2,5,7-8,13H2,1H3,(H,22,24)/t18-/m0/s1. The minimum absolute atomic E-state index is 0.0588. The number of imidazole rings is 1. The Morgan fingerprint density at radius 3 is 3.04 bits per heavy atom. The molecule has 1 amide bonds. The number of nitrogens with zero attached hydrogens (tertiary/aromatic N) is 2. The molecule has 2 aromatic heterocycles. The van der Waals surface area contributed by atoms with Crippen molar-refractivity contribution in [1.29, 1.82) is 0 Å². The second-order valence-electron chi connectivity index (χ2n) is 6.93. The Hall–Kier alpha value is -3.02. The zero-order chi connectivity index (χ0) is 18.6. The summed E-state index contributed by atoms with van der Waals surface area (Å²) in [5.74, 6) is 0.0588. The molecule has 0 saturated carbocycles. The van der Waals surface area contributed by atoms with Gasteiger partial charge in [-0.05, 0) is 44.4 Å². The molecule has 3 N–H and O–H groups in total. The fourth-order valence-corrected chi connectivity index (χ4v) is 3.76. The maximum absolute atomic E-state index is 13.1. The van der Waals surface area contributed by atoms with Crippen molar-refractivity contribution < 1.29 is 4.79 Å². The molecule has 1 aliphatic rings. The second-order valence-corrected chi connectivity index (χ2v) is 6.93. The Bertz CT molecular complexity index is 908. The predicted octanol–water partition coefficient (Wildman–Crippen LogP) is 3.58. The number of amides is 1. The molecule has 0 saturated heterocycles. The molecule has 4 rings (SSSR count). The van der Waals surface area contributed by atoms with Gasteiger partial charge < -0.3 is 20.2 Å². The lowest BCUT2D eigenvalue weighted by Gasteiger charge is -2.32. The number of aromatic nitrogens is 3. The van der Waals surface area contributed by atoms with Gasteiger partial charge in [-0.2, -0.15) is 0 Å². The van der Waals surface area contributed by atoms with Gasteiger partial charge in [0.15, 0.2) is 0 Å². The van der Waals surface area contributed by atoms with Crippen molar-refractivity contribution in [1.82, 2.24) is 25.2 Å². The highest BCUT2D eigenvalue weighted by molar-refractivity contribution is 5.98. The van der Waals surface area contributed by atoms with Crippen LogP contribution in [0, 0.1) is 0 Å². The van der Waals surface area contributed by atoms with E-state index < -0.39 is 0 Å². The monoisotopic (exact) mass is 363 g/mol. The Balaban J connectivity index is 1.50. The average molecular weight is 363 g/mol. The van der Waals surface area contributed by atoms with Crippen LogP contribution >= 0.6 is 0 Å².